The Morgan fingerprint density at radius 3 is 2.70 bits per heavy atom. The van der Waals surface area contributed by atoms with Crippen LogP contribution in [0.25, 0.3) is 0 Å². The fourth-order valence-corrected chi connectivity index (χ4v) is 2.58. The highest BCUT2D eigenvalue weighted by Gasteiger charge is 2.34. The lowest BCUT2D eigenvalue weighted by Gasteiger charge is -2.28. The number of halogens is 3. The van der Waals surface area contributed by atoms with E-state index in [1.807, 2.05) is 6.07 Å². The predicted octanol–water partition coefficient (Wildman–Crippen LogP) is 2.21. The molecule has 2 aromatic heterocycles. The molecule has 0 spiro atoms. The van der Waals surface area contributed by atoms with Gasteiger partial charge in [-0.3, -0.25) is 4.98 Å². The van der Waals surface area contributed by atoms with E-state index in [1.54, 1.807) is 23.4 Å². The first-order valence-corrected chi connectivity index (χ1v) is 8.55. The maximum absolute atomic E-state index is 13.2. The van der Waals surface area contributed by atoms with E-state index in [-0.39, 0.29) is 16.9 Å². The van der Waals surface area contributed by atoms with Gasteiger partial charge in [0.05, 0.1) is 13.2 Å². The molecule has 0 radical (unpaired) electrons. The molecule has 0 saturated carbocycles. The molecular weight excluding hydrogens is 381 g/mol. The highest BCUT2D eigenvalue weighted by Crippen LogP contribution is 2.30. The van der Waals surface area contributed by atoms with Gasteiger partial charge in [-0.25, -0.2) is 4.98 Å². The summed E-state index contributed by atoms with van der Waals surface area (Å²) in [6.07, 6.45) is -1.29. The minimum absolute atomic E-state index is 0.117. The monoisotopic (exact) mass is 398 g/mol. The minimum atomic E-state index is -4.59. The lowest BCUT2D eigenvalue weighted by Crippen LogP contribution is -2.37. The molecule has 27 heavy (non-hydrogen) atoms. The lowest BCUT2D eigenvalue weighted by atomic mass is 10.3. The molecular formula is C16H17F3N6OS. The van der Waals surface area contributed by atoms with Crippen molar-refractivity contribution in [2.45, 2.75) is 12.7 Å². The predicted molar refractivity (Wildman–Crippen MR) is 97.4 cm³/mol. The summed E-state index contributed by atoms with van der Waals surface area (Å²) < 4.78 is 44.8. The fraction of sp³-hybridized carbons (Fsp3) is 0.375. The number of rotatable bonds is 4. The number of nitrogens with one attached hydrogen (secondary N) is 2. The first kappa shape index (κ1) is 19.2. The average molecular weight is 398 g/mol. The summed E-state index contributed by atoms with van der Waals surface area (Å²) in [5.41, 5.74) is -0.155. The van der Waals surface area contributed by atoms with E-state index in [0.717, 1.165) is 11.6 Å². The summed E-state index contributed by atoms with van der Waals surface area (Å²) in [5, 5.41) is 5.63. The number of alkyl halides is 3. The van der Waals surface area contributed by atoms with Gasteiger partial charge in [0.1, 0.15) is 5.82 Å². The van der Waals surface area contributed by atoms with E-state index in [9.17, 15) is 13.2 Å². The molecule has 2 N–H and O–H groups in total. The smallest absolute Gasteiger partial charge is 0.378 e. The Kier molecular flexibility index (Phi) is 6.01. The molecule has 1 aliphatic heterocycles. The van der Waals surface area contributed by atoms with Gasteiger partial charge in [0.2, 0.25) is 5.95 Å². The molecule has 0 atom stereocenters. The third-order valence-corrected chi connectivity index (χ3v) is 3.99. The van der Waals surface area contributed by atoms with E-state index < -0.39 is 11.9 Å². The SMILES string of the molecule is FC(F)(F)c1cc(N2CCOCC2)nc(NC(=S)NCc2cccnc2)n1. The molecule has 1 aliphatic rings. The van der Waals surface area contributed by atoms with Crippen molar-refractivity contribution in [3.05, 3.63) is 41.9 Å². The van der Waals surface area contributed by atoms with Crippen LogP contribution in [0, 0.1) is 0 Å². The number of nitrogens with zero attached hydrogens (tertiary/aromatic N) is 4. The van der Waals surface area contributed by atoms with Crippen LogP contribution in [-0.4, -0.2) is 46.4 Å². The molecule has 0 amide bonds. The van der Waals surface area contributed by atoms with E-state index in [0.29, 0.717) is 32.8 Å². The van der Waals surface area contributed by atoms with Crippen LogP contribution >= 0.6 is 12.2 Å². The number of anilines is 2. The fourth-order valence-electron chi connectivity index (χ4n) is 2.42. The number of hydrogen-bond acceptors (Lipinski definition) is 6. The van der Waals surface area contributed by atoms with Crippen molar-refractivity contribution >= 4 is 29.1 Å². The number of aromatic nitrogens is 3. The van der Waals surface area contributed by atoms with Gasteiger partial charge in [0.15, 0.2) is 10.8 Å². The number of morpholine rings is 1. The second-order valence-corrected chi connectivity index (χ2v) is 6.11. The molecule has 0 aromatic carbocycles. The van der Waals surface area contributed by atoms with Gasteiger partial charge in [-0.1, -0.05) is 6.07 Å². The molecule has 1 saturated heterocycles. The second-order valence-electron chi connectivity index (χ2n) is 5.70. The Hall–Kier alpha value is -2.53. The number of pyridine rings is 1. The largest absolute Gasteiger partial charge is 0.433 e. The van der Waals surface area contributed by atoms with Gasteiger partial charge in [-0.15, -0.1) is 0 Å². The zero-order chi connectivity index (χ0) is 19.3. The maximum atomic E-state index is 13.2. The molecule has 144 valence electrons. The number of thiocarbonyl (C=S) groups is 1. The van der Waals surface area contributed by atoms with E-state index in [2.05, 4.69) is 25.6 Å². The Balaban J connectivity index is 1.73. The normalized spacial score (nSPS) is 14.7. The highest BCUT2D eigenvalue weighted by atomic mass is 32.1. The summed E-state index contributed by atoms with van der Waals surface area (Å²) in [5.74, 6) is -0.0341. The van der Waals surface area contributed by atoms with Crippen molar-refractivity contribution in [2.75, 3.05) is 36.5 Å². The molecule has 3 heterocycles. The van der Waals surface area contributed by atoms with Crippen molar-refractivity contribution in [1.82, 2.24) is 20.3 Å². The Labute approximate surface area is 159 Å². The summed E-state index contributed by atoms with van der Waals surface area (Å²) in [6, 6.07) is 4.56. The van der Waals surface area contributed by atoms with Crippen LogP contribution in [0.2, 0.25) is 0 Å². The van der Waals surface area contributed by atoms with Crippen LogP contribution < -0.4 is 15.5 Å². The second kappa shape index (κ2) is 8.44. The average Bonchev–Trinajstić information content (AvgIpc) is 2.67. The van der Waals surface area contributed by atoms with Crippen LogP contribution in [-0.2, 0) is 17.5 Å². The molecule has 3 rings (SSSR count). The molecule has 0 unspecified atom stereocenters. The standard InChI is InChI=1S/C16H17F3N6OS/c17-16(18,19)12-8-13(25-4-6-26-7-5-25)23-14(22-12)24-15(27)21-10-11-2-1-3-20-9-11/h1-3,8-9H,4-7,10H2,(H2,21,22,23,24,27). The van der Waals surface area contributed by atoms with Crippen molar-refractivity contribution in [1.29, 1.82) is 0 Å². The number of ether oxygens (including phenoxy) is 1. The van der Waals surface area contributed by atoms with Gasteiger partial charge in [0, 0.05) is 38.1 Å². The Bertz CT molecular complexity index is 783. The molecule has 2 aromatic rings. The van der Waals surface area contributed by atoms with Gasteiger partial charge in [0.25, 0.3) is 0 Å². The minimum Gasteiger partial charge on any atom is -0.378 e. The van der Waals surface area contributed by atoms with Crippen molar-refractivity contribution in [3.8, 4) is 0 Å². The first-order valence-electron chi connectivity index (χ1n) is 8.14. The van der Waals surface area contributed by atoms with Crippen molar-refractivity contribution in [3.63, 3.8) is 0 Å². The Morgan fingerprint density at radius 1 is 1.26 bits per heavy atom. The van der Waals surface area contributed by atoms with Crippen LogP contribution in [0.3, 0.4) is 0 Å². The summed E-state index contributed by atoms with van der Waals surface area (Å²) in [7, 11) is 0. The molecule has 7 nitrogen and oxygen atoms in total. The van der Waals surface area contributed by atoms with Gasteiger partial charge < -0.3 is 20.3 Å². The molecule has 0 bridgehead atoms. The van der Waals surface area contributed by atoms with Crippen LogP contribution in [0.1, 0.15) is 11.3 Å². The third-order valence-electron chi connectivity index (χ3n) is 3.74. The maximum Gasteiger partial charge on any atom is 0.433 e. The highest BCUT2D eigenvalue weighted by molar-refractivity contribution is 7.80. The van der Waals surface area contributed by atoms with Crippen molar-refractivity contribution in [2.24, 2.45) is 0 Å². The third kappa shape index (κ3) is 5.47. The van der Waals surface area contributed by atoms with Gasteiger partial charge in [-0.2, -0.15) is 18.2 Å². The number of hydrogen-bond donors (Lipinski definition) is 2. The van der Waals surface area contributed by atoms with Crippen LogP contribution in [0.5, 0.6) is 0 Å². The van der Waals surface area contributed by atoms with E-state index in [4.69, 9.17) is 17.0 Å². The summed E-state index contributed by atoms with van der Waals surface area (Å²) >= 11 is 5.13. The van der Waals surface area contributed by atoms with Crippen LogP contribution in [0.15, 0.2) is 30.6 Å². The lowest BCUT2D eigenvalue weighted by molar-refractivity contribution is -0.141. The van der Waals surface area contributed by atoms with Gasteiger partial charge in [-0.05, 0) is 23.8 Å². The van der Waals surface area contributed by atoms with Crippen molar-refractivity contribution < 1.29 is 17.9 Å². The quantitative estimate of drug-likeness (QED) is 0.760. The topological polar surface area (TPSA) is 75.2 Å². The Morgan fingerprint density at radius 2 is 2.04 bits per heavy atom. The zero-order valence-corrected chi connectivity index (χ0v) is 15.0. The van der Waals surface area contributed by atoms with Gasteiger partial charge >= 0.3 is 6.18 Å². The summed E-state index contributed by atoms with van der Waals surface area (Å²) in [6.45, 7) is 2.14. The molecule has 0 aliphatic carbocycles. The van der Waals surface area contributed by atoms with E-state index >= 15 is 0 Å². The summed E-state index contributed by atoms with van der Waals surface area (Å²) in [4.78, 5) is 13.4. The zero-order valence-electron chi connectivity index (χ0n) is 14.2. The van der Waals surface area contributed by atoms with Crippen LogP contribution in [0.4, 0.5) is 24.9 Å². The molecule has 1 fully saturated rings. The van der Waals surface area contributed by atoms with E-state index in [1.165, 1.54) is 0 Å². The first-order chi connectivity index (χ1) is 12.9. The molecule has 11 heteroatoms.